The van der Waals surface area contributed by atoms with Crippen molar-refractivity contribution in [2.24, 2.45) is 11.7 Å². The summed E-state index contributed by atoms with van der Waals surface area (Å²) in [4.78, 5) is 4.04. The second-order valence-electron chi connectivity index (χ2n) is 5.39. The summed E-state index contributed by atoms with van der Waals surface area (Å²) in [6.07, 6.45) is 6.67. The summed E-state index contributed by atoms with van der Waals surface area (Å²) in [5, 5.41) is 0. The van der Waals surface area contributed by atoms with Crippen LogP contribution in [0.5, 0.6) is 0 Å². The number of hydrogen-bond acceptors (Lipinski definition) is 4. The lowest BCUT2D eigenvalue weighted by atomic mass is 9.79. The zero-order chi connectivity index (χ0) is 12.4. The third kappa shape index (κ3) is 2.28. The fourth-order valence-corrected chi connectivity index (χ4v) is 3.09. The number of pyridine rings is 1. The Morgan fingerprint density at radius 2 is 2.17 bits per heavy atom. The molecular formula is C14H20N2O2. The van der Waals surface area contributed by atoms with Crippen molar-refractivity contribution in [3.05, 3.63) is 30.1 Å². The highest BCUT2D eigenvalue weighted by Crippen LogP contribution is 2.39. The molecule has 2 aliphatic heterocycles. The van der Waals surface area contributed by atoms with Crippen molar-refractivity contribution in [2.75, 3.05) is 19.8 Å². The Labute approximate surface area is 107 Å². The molecule has 2 N–H and O–H groups in total. The molecule has 0 saturated carbocycles. The van der Waals surface area contributed by atoms with Crippen molar-refractivity contribution in [3.63, 3.8) is 0 Å². The summed E-state index contributed by atoms with van der Waals surface area (Å²) in [7, 11) is 0. The van der Waals surface area contributed by atoms with Gasteiger partial charge in [0.05, 0.1) is 12.2 Å². The summed E-state index contributed by atoms with van der Waals surface area (Å²) in [5.74, 6) is 0.475. The van der Waals surface area contributed by atoms with Gasteiger partial charge in [0.15, 0.2) is 0 Å². The van der Waals surface area contributed by atoms with E-state index in [-0.39, 0.29) is 11.6 Å². The average molecular weight is 248 g/mol. The maximum atomic E-state index is 6.40. The number of ether oxygens (including phenoxy) is 2. The van der Waals surface area contributed by atoms with E-state index in [1.165, 1.54) is 5.56 Å². The van der Waals surface area contributed by atoms with Gasteiger partial charge >= 0.3 is 0 Å². The van der Waals surface area contributed by atoms with Crippen LogP contribution in [-0.2, 0) is 9.47 Å². The van der Waals surface area contributed by atoms with Gasteiger partial charge in [-0.1, -0.05) is 0 Å². The zero-order valence-electron chi connectivity index (χ0n) is 10.5. The molecule has 4 heteroatoms. The Balaban J connectivity index is 1.72. The topological polar surface area (TPSA) is 57.4 Å². The molecule has 3 unspecified atom stereocenters. The second-order valence-corrected chi connectivity index (χ2v) is 5.39. The molecule has 3 atom stereocenters. The Hall–Kier alpha value is -0.970. The normalized spacial score (nSPS) is 33.7. The van der Waals surface area contributed by atoms with E-state index in [0.29, 0.717) is 5.92 Å². The van der Waals surface area contributed by atoms with Gasteiger partial charge in [-0.2, -0.15) is 0 Å². The Bertz CT molecular complexity index is 390. The van der Waals surface area contributed by atoms with Crippen molar-refractivity contribution in [3.8, 4) is 0 Å². The molecule has 1 aromatic heterocycles. The highest BCUT2D eigenvalue weighted by atomic mass is 16.6. The fraction of sp³-hybridized carbons (Fsp3) is 0.643. The number of nitrogens with zero attached hydrogens (tertiary/aromatic N) is 1. The number of hydrogen-bond donors (Lipinski definition) is 1. The predicted molar refractivity (Wildman–Crippen MR) is 68.0 cm³/mol. The maximum Gasteiger partial charge on any atom is 0.0940 e. The van der Waals surface area contributed by atoms with E-state index >= 15 is 0 Å². The molecule has 98 valence electrons. The molecule has 4 nitrogen and oxygen atoms in total. The summed E-state index contributed by atoms with van der Waals surface area (Å²) in [6.45, 7) is 2.34. The van der Waals surface area contributed by atoms with E-state index in [1.54, 1.807) is 0 Å². The Morgan fingerprint density at radius 3 is 2.89 bits per heavy atom. The molecule has 0 aliphatic carbocycles. The smallest absolute Gasteiger partial charge is 0.0940 e. The van der Waals surface area contributed by atoms with Crippen LogP contribution in [0.15, 0.2) is 24.5 Å². The highest BCUT2D eigenvalue weighted by Gasteiger charge is 2.42. The van der Waals surface area contributed by atoms with Crippen molar-refractivity contribution in [1.29, 1.82) is 0 Å². The van der Waals surface area contributed by atoms with E-state index < -0.39 is 0 Å². The first kappa shape index (κ1) is 12.1. The van der Waals surface area contributed by atoms with Crippen LogP contribution in [0.2, 0.25) is 0 Å². The third-order valence-electron chi connectivity index (χ3n) is 4.20. The molecule has 18 heavy (non-hydrogen) atoms. The molecule has 3 heterocycles. The molecule has 2 fully saturated rings. The molecule has 1 aromatic rings. The molecule has 2 aliphatic rings. The lowest BCUT2D eigenvalue weighted by molar-refractivity contribution is -0.101. The highest BCUT2D eigenvalue weighted by molar-refractivity contribution is 5.16. The van der Waals surface area contributed by atoms with Crippen molar-refractivity contribution in [1.82, 2.24) is 4.98 Å². The van der Waals surface area contributed by atoms with Crippen LogP contribution in [0.1, 0.15) is 30.9 Å². The molecule has 0 amide bonds. The quantitative estimate of drug-likeness (QED) is 0.865. The molecule has 0 bridgehead atoms. The SMILES string of the molecule is NC(c1ccncc1)C1CCOC2(CCOC2)C1. The fourth-order valence-electron chi connectivity index (χ4n) is 3.09. The van der Waals surface area contributed by atoms with Crippen LogP contribution >= 0.6 is 0 Å². The van der Waals surface area contributed by atoms with Crippen LogP contribution < -0.4 is 5.73 Å². The third-order valence-corrected chi connectivity index (χ3v) is 4.20. The monoisotopic (exact) mass is 248 g/mol. The van der Waals surface area contributed by atoms with Crippen molar-refractivity contribution >= 4 is 0 Å². The van der Waals surface area contributed by atoms with Crippen molar-refractivity contribution in [2.45, 2.75) is 30.9 Å². The van der Waals surface area contributed by atoms with Gasteiger partial charge in [-0.3, -0.25) is 4.98 Å². The molecule has 2 saturated heterocycles. The average Bonchev–Trinajstić information content (AvgIpc) is 2.87. The minimum atomic E-state index is -0.0619. The molecular weight excluding hydrogens is 228 g/mol. The summed E-state index contributed by atoms with van der Waals surface area (Å²) in [5.41, 5.74) is 7.51. The van der Waals surface area contributed by atoms with Gasteiger partial charge in [-0.05, 0) is 36.5 Å². The van der Waals surface area contributed by atoms with Gasteiger partial charge in [-0.15, -0.1) is 0 Å². The van der Waals surface area contributed by atoms with Crippen LogP contribution in [0, 0.1) is 5.92 Å². The first-order valence-electron chi connectivity index (χ1n) is 6.66. The van der Waals surface area contributed by atoms with Crippen LogP contribution in [0.3, 0.4) is 0 Å². The van der Waals surface area contributed by atoms with Gasteiger partial charge in [0.1, 0.15) is 0 Å². The predicted octanol–water partition coefficient (Wildman–Crippen LogP) is 1.67. The summed E-state index contributed by atoms with van der Waals surface area (Å²) < 4.78 is 11.4. The molecule has 0 aromatic carbocycles. The van der Waals surface area contributed by atoms with Gasteiger partial charge in [0, 0.05) is 38.1 Å². The van der Waals surface area contributed by atoms with Gasteiger partial charge in [0.2, 0.25) is 0 Å². The first-order valence-corrected chi connectivity index (χ1v) is 6.66. The van der Waals surface area contributed by atoms with Crippen LogP contribution in [0.25, 0.3) is 0 Å². The largest absolute Gasteiger partial charge is 0.378 e. The van der Waals surface area contributed by atoms with E-state index in [4.69, 9.17) is 15.2 Å². The number of aromatic nitrogens is 1. The second kappa shape index (κ2) is 4.96. The minimum Gasteiger partial charge on any atom is -0.378 e. The number of rotatable bonds is 2. The number of nitrogens with two attached hydrogens (primary N) is 1. The lowest BCUT2D eigenvalue weighted by Gasteiger charge is -2.39. The van der Waals surface area contributed by atoms with E-state index in [1.807, 2.05) is 24.5 Å². The van der Waals surface area contributed by atoms with E-state index in [0.717, 1.165) is 39.1 Å². The van der Waals surface area contributed by atoms with Gasteiger partial charge < -0.3 is 15.2 Å². The lowest BCUT2D eigenvalue weighted by Crippen LogP contribution is -2.43. The maximum absolute atomic E-state index is 6.40. The standard InChI is InChI=1S/C14H20N2O2/c15-13(11-1-5-16-6-2-11)12-3-7-18-14(9-12)4-8-17-10-14/h1-2,5-6,12-13H,3-4,7-10,15H2. The van der Waals surface area contributed by atoms with E-state index in [9.17, 15) is 0 Å². The molecule has 1 spiro atoms. The summed E-state index contributed by atoms with van der Waals surface area (Å²) >= 11 is 0. The van der Waals surface area contributed by atoms with Gasteiger partial charge in [0.25, 0.3) is 0 Å². The van der Waals surface area contributed by atoms with Crippen molar-refractivity contribution < 1.29 is 9.47 Å². The summed E-state index contributed by atoms with van der Waals surface area (Å²) in [6, 6.07) is 4.10. The Morgan fingerprint density at radius 1 is 1.33 bits per heavy atom. The first-order chi connectivity index (χ1) is 8.79. The zero-order valence-corrected chi connectivity index (χ0v) is 10.5. The van der Waals surface area contributed by atoms with Gasteiger partial charge in [-0.25, -0.2) is 0 Å². The minimum absolute atomic E-state index is 0.0619. The van der Waals surface area contributed by atoms with E-state index in [2.05, 4.69) is 4.98 Å². The molecule has 0 radical (unpaired) electrons. The van der Waals surface area contributed by atoms with Crippen LogP contribution in [0.4, 0.5) is 0 Å². The Kier molecular flexibility index (Phi) is 3.33. The molecule has 3 rings (SSSR count). The van der Waals surface area contributed by atoms with Crippen LogP contribution in [-0.4, -0.2) is 30.4 Å².